The molecule has 0 spiro atoms. The normalized spacial score (nSPS) is 22.6. The number of hydrogen-bond donors (Lipinski definition) is 0. The van der Waals surface area contributed by atoms with E-state index in [-0.39, 0.29) is 18.2 Å². The third-order valence-electron chi connectivity index (χ3n) is 3.70. The number of benzene rings is 1. The lowest BCUT2D eigenvalue weighted by Crippen LogP contribution is -2.27. The number of rotatable bonds is 4. The highest BCUT2D eigenvalue weighted by Gasteiger charge is 2.28. The zero-order valence-electron chi connectivity index (χ0n) is 12.6. The Kier molecular flexibility index (Phi) is 5.05. The molecule has 1 aliphatic carbocycles. The highest BCUT2D eigenvalue weighted by atomic mass is 16.5. The predicted octanol–water partition coefficient (Wildman–Crippen LogP) is 4.06. The monoisotopic (exact) mass is 276 g/mol. The van der Waals surface area contributed by atoms with Gasteiger partial charge >= 0.3 is 5.97 Å². The molecule has 0 saturated heterocycles. The van der Waals surface area contributed by atoms with Crippen molar-refractivity contribution in [2.75, 3.05) is 0 Å². The highest BCUT2D eigenvalue weighted by Crippen LogP contribution is 2.35. The minimum Gasteiger partial charge on any atom is -0.491 e. The molecule has 1 fully saturated rings. The Balaban J connectivity index is 2.09. The fraction of sp³-hybridized carbons (Fsp3) is 0.588. The van der Waals surface area contributed by atoms with Crippen LogP contribution in [-0.2, 0) is 9.53 Å². The lowest BCUT2D eigenvalue weighted by molar-refractivity contribution is -0.148. The van der Waals surface area contributed by atoms with Gasteiger partial charge < -0.3 is 9.47 Å². The van der Waals surface area contributed by atoms with Crippen LogP contribution in [-0.4, -0.2) is 18.2 Å². The van der Waals surface area contributed by atoms with Gasteiger partial charge in [-0.1, -0.05) is 18.6 Å². The van der Waals surface area contributed by atoms with Crippen LogP contribution in [0.15, 0.2) is 24.3 Å². The van der Waals surface area contributed by atoms with Gasteiger partial charge in [-0.3, -0.25) is 4.79 Å². The maximum absolute atomic E-state index is 11.2. The molecule has 110 valence electrons. The van der Waals surface area contributed by atoms with Gasteiger partial charge in [0.2, 0.25) is 0 Å². The van der Waals surface area contributed by atoms with Crippen LogP contribution >= 0.6 is 0 Å². The first-order chi connectivity index (χ1) is 9.56. The smallest absolute Gasteiger partial charge is 0.302 e. The molecule has 2 atom stereocenters. The highest BCUT2D eigenvalue weighted by molar-refractivity contribution is 5.66. The third kappa shape index (κ3) is 3.99. The Labute approximate surface area is 121 Å². The van der Waals surface area contributed by atoms with Gasteiger partial charge in [-0.2, -0.15) is 0 Å². The van der Waals surface area contributed by atoms with Crippen LogP contribution in [0.3, 0.4) is 0 Å². The number of carbonyl (C=O) groups excluding carboxylic acids is 1. The number of hydrogen-bond acceptors (Lipinski definition) is 3. The van der Waals surface area contributed by atoms with E-state index in [1.54, 1.807) is 0 Å². The molecule has 0 heterocycles. The van der Waals surface area contributed by atoms with Crippen LogP contribution in [0.1, 0.15) is 57.9 Å². The summed E-state index contributed by atoms with van der Waals surface area (Å²) in [5.41, 5.74) is 1.24. The Morgan fingerprint density at radius 3 is 2.40 bits per heavy atom. The molecule has 0 aromatic heterocycles. The summed E-state index contributed by atoms with van der Waals surface area (Å²) < 4.78 is 11.1. The minimum atomic E-state index is -0.179. The Bertz CT molecular complexity index is 436. The first-order valence-electron chi connectivity index (χ1n) is 7.50. The van der Waals surface area contributed by atoms with Crippen LogP contribution in [0.5, 0.6) is 5.75 Å². The Morgan fingerprint density at radius 1 is 1.15 bits per heavy atom. The van der Waals surface area contributed by atoms with Crippen LogP contribution in [0, 0.1) is 0 Å². The summed E-state index contributed by atoms with van der Waals surface area (Å²) >= 11 is 0. The van der Waals surface area contributed by atoms with Crippen molar-refractivity contribution in [2.45, 2.75) is 64.6 Å². The molecular formula is C17H24O3. The van der Waals surface area contributed by atoms with E-state index in [0.29, 0.717) is 5.92 Å². The largest absolute Gasteiger partial charge is 0.491 e. The van der Waals surface area contributed by atoms with Crippen molar-refractivity contribution >= 4 is 5.97 Å². The van der Waals surface area contributed by atoms with E-state index in [4.69, 9.17) is 9.47 Å². The Morgan fingerprint density at radius 2 is 1.80 bits per heavy atom. The second-order valence-electron chi connectivity index (χ2n) is 5.77. The average Bonchev–Trinajstić information content (AvgIpc) is 2.39. The molecule has 0 N–H and O–H groups in total. The molecule has 1 unspecified atom stereocenters. The molecule has 0 bridgehead atoms. The van der Waals surface area contributed by atoms with Crippen molar-refractivity contribution in [2.24, 2.45) is 0 Å². The maximum Gasteiger partial charge on any atom is 0.302 e. The van der Waals surface area contributed by atoms with E-state index in [1.807, 2.05) is 26.0 Å². The van der Waals surface area contributed by atoms with E-state index < -0.39 is 0 Å². The van der Waals surface area contributed by atoms with Crippen molar-refractivity contribution < 1.29 is 14.3 Å². The summed E-state index contributed by atoms with van der Waals surface area (Å²) in [5.74, 6) is 1.03. The van der Waals surface area contributed by atoms with Crippen molar-refractivity contribution in [3.05, 3.63) is 29.8 Å². The summed E-state index contributed by atoms with van der Waals surface area (Å²) in [4.78, 5) is 11.2. The molecule has 3 heteroatoms. The average molecular weight is 276 g/mol. The third-order valence-corrected chi connectivity index (χ3v) is 3.70. The van der Waals surface area contributed by atoms with Crippen LogP contribution in [0.4, 0.5) is 0 Å². The lowest BCUT2D eigenvalue weighted by Gasteiger charge is -2.31. The number of esters is 1. The van der Waals surface area contributed by atoms with E-state index in [0.717, 1.165) is 25.0 Å². The molecule has 1 saturated carbocycles. The second-order valence-corrected chi connectivity index (χ2v) is 5.77. The maximum atomic E-state index is 11.2. The molecule has 20 heavy (non-hydrogen) atoms. The molecule has 1 aliphatic rings. The first-order valence-corrected chi connectivity index (χ1v) is 7.50. The number of carbonyl (C=O) groups is 1. The summed E-state index contributed by atoms with van der Waals surface area (Å²) in [6.45, 7) is 5.53. The summed E-state index contributed by atoms with van der Waals surface area (Å²) in [5, 5.41) is 0. The van der Waals surface area contributed by atoms with Gasteiger partial charge in [-0.05, 0) is 50.8 Å². The molecular weight excluding hydrogens is 252 g/mol. The van der Waals surface area contributed by atoms with Crippen molar-refractivity contribution in [3.63, 3.8) is 0 Å². The molecule has 3 nitrogen and oxygen atoms in total. The molecule has 2 rings (SSSR count). The molecule has 0 aliphatic heterocycles. The van der Waals surface area contributed by atoms with Gasteiger partial charge in [0.05, 0.1) is 6.10 Å². The SMILES string of the molecule is CC(=O)OC1CCCC[C@@H]1c1ccc(OC(C)C)cc1. The standard InChI is InChI=1S/C17H24O3/c1-12(2)19-15-10-8-14(9-11-15)16-6-4-5-7-17(16)20-13(3)18/h8-12,16-17H,4-7H2,1-3H3/t16-,17?/m1/s1. The summed E-state index contributed by atoms with van der Waals surface area (Å²) in [6.07, 6.45) is 4.61. The van der Waals surface area contributed by atoms with E-state index in [9.17, 15) is 4.79 Å². The van der Waals surface area contributed by atoms with Gasteiger partial charge in [-0.15, -0.1) is 0 Å². The topological polar surface area (TPSA) is 35.5 Å². The lowest BCUT2D eigenvalue weighted by atomic mass is 9.81. The minimum absolute atomic E-state index is 0.0260. The van der Waals surface area contributed by atoms with Crippen molar-refractivity contribution in [1.29, 1.82) is 0 Å². The zero-order valence-corrected chi connectivity index (χ0v) is 12.6. The molecule has 1 aromatic carbocycles. The van der Waals surface area contributed by atoms with E-state index in [1.165, 1.54) is 18.9 Å². The van der Waals surface area contributed by atoms with Crippen molar-refractivity contribution in [1.82, 2.24) is 0 Å². The van der Waals surface area contributed by atoms with Crippen LogP contribution in [0.2, 0.25) is 0 Å². The zero-order chi connectivity index (χ0) is 14.5. The molecule has 0 radical (unpaired) electrons. The van der Waals surface area contributed by atoms with Crippen molar-refractivity contribution in [3.8, 4) is 5.75 Å². The quantitative estimate of drug-likeness (QED) is 0.778. The number of ether oxygens (including phenoxy) is 2. The fourth-order valence-corrected chi connectivity index (χ4v) is 2.90. The van der Waals surface area contributed by atoms with E-state index >= 15 is 0 Å². The summed E-state index contributed by atoms with van der Waals surface area (Å²) in [7, 11) is 0. The van der Waals surface area contributed by atoms with Crippen LogP contribution < -0.4 is 4.74 Å². The Hall–Kier alpha value is -1.51. The second kappa shape index (κ2) is 6.78. The van der Waals surface area contributed by atoms with Gasteiger partial charge in [0.1, 0.15) is 11.9 Å². The molecule has 1 aromatic rings. The predicted molar refractivity (Wildman–Crippen MR) is 79.0 cm³/mol. The van der Waals surface area contributed by atoms with E-state index in [2.05, 4.69) is 12.1 Å². The molecule has 0 amide bonds. The van der Waals surface area contributed by atoms with Gasteiger partial charge in [0, 0.05) is 12.8 Å². The summed E-state index contributed by atoms with van der Waals surface area (Å²) in [6, 6.07) is 8.22. The van der Waals surface area contributed by atoms with Gasteiger partial charge in [0.15, 0.2) is 0 Å². The van der Waals surface area contributed by atoms with Gasteiger partial charge in [-0.25, -0.2) is 0 Å². The van der Waals surface area contributed by atoms with Crippen LogP contribution in [0.25, 0.3) is 0 Å². The first kappa shape index (κ1) is 14.9. The van der Waals surface area contributed by atoms with Gasteiger partial charge in [0.25, 0.3) is 0 Å². The fourth-order valence-electron chi connectivity index (χ4n) is 2.90.